The van der Waals surface area contributed by atoms with Crippen LogP contribution in [0.5, 0.6) is 0 Å². The maximum Gasteiger partial charge on any atom is 0.160 e. The van der Waals surface area contributed by atoms with Crippen molar-refractivity contribution in [3.8, 4) is 0 Å². The Kier molecular flexibility index (Phi) is 4.55. The highest BCUT2D eigenvalue weighted by Gasteiger charge is 2.36. The molecule has 1 fully saturated rings. The van der Waals surface area contributed by atoms with E-state index in [0.29, 0.717) is 5.92 Å². The van der Waals surface area contributed by atoms with Gasteiger partial charge in [-0.25, -0.2) is 9.97 Å². The number of hydrogen-bond donors (Lipinski definition) is 1. The first-order valence-corrected chi connectivity index (χ1v) is 8.38. The fourth-order valence-electron chi connectivity index (χ4n) is 3.82. The van der Waals surface area contributed by atoms with Gasteiger partial charge in [0.1, 0.15) is 5.60 Å². The predicted octanol–water partition coefficient (Wildman–Crippen LogP) is 2.74. The summed E-state index contributed by atoms with van der Waals surface area (Å²) in [5.41, 5.74) is 8.07. The number of methoxy groups -OCH3 is 1. The number of hydrogen-bond acceptors (Lipinski definition) is 4. The molecule has 1 heterocycles. The van der Waals surface area contributed by atoms with E-state index in [1.807, 2.05) is 13.3 Å². The highest BCUT2D eigenvalue weighted by molar-refractivity contribution is 5.23. The quantitative estimate of drug-likeness (QED) is 0.869. The van der Waals surface area contributed by atoms with Gasteiger partial charge in [-0.1, -0.05) is 25.7 Å². The summed E-state index contributed by atoms with van der Waals surface area (Å²) < 4.78 is 5.93. The summed E-state index contributed by atoms with van der Waals surface area (Å²) in [7, 11) is 1.82. The molecule has 2 aliphatic carbocycles. The van der Waals surface area contributed by atoms with E-state index in [-0.39, 0.29) is 5.60 Å². The summed E-state index contributed by atoms with van der Waals surface area (Å²) in [6.07, 6.45) is 12.4. The molecule has 4 heteroatoms. The lowest BCUT2D eigenvalue weighted by molar-refractivity contribution is -0.0354. The topological polar surface area (TPSA) is 61.0 Å². The first-order chi connectivity index (χ1) is 10.3. The van der Waals surface area contributed by atoms with Crippen LogP contribution >= 0.6 is 0 Å². The molecule has 0 amide bonds. The monoisotopic (exact) mass is 289 g/mol. The Bertz CT molecular complexity index is 481. The van der Waals surface area contributed by atoms with Crippen LogP contribution in [0.4, 0.5) is 0 Å². The van der Waals surface area contributed by atoms with E-state index < -0.39 is 0 Å². The van der Waals surface area contributed by atoms with Crippen LogP contribution in [-0.2, 0) is 23.2 Å². The van der Waals surface area contributed by atoms with Gasteiger partial charge in [-0.2, -0.15) is 0 Å². The molecule has 1 aromatic heterocycles. The molecule has 0 aliphatic heterocycles. The first kappa shape index (κ1) is 14.9. The lowest BCUT2D eigenvalue weighted by Crippen LogP contribution is -2.32. The third kappa shape index (κ3) is 2.97. The van der Waals surface area contributed by atoms with Crippen molar-refractivity contribution in [2.75, 3.05) is 13.7 Å². The molecular weight excluding hydrogens is 262 g/mol. The summed E-state index contributed by atoms with van der Waals surface area (Å²) in [5, 5.41) is 0. The number of fused-ring (bicyclic) bond motifs is 1. The number of aryl methyl sites for hydroxylation is 1. The second-order valence-corrected chi connectivity index (χ2v) is 6.62. The second-order valence-electron chi connectivity index (χ2n) is 6.62. The molecular formula is C17H27N3O. The van der Waals surface area contributed by atoms with E-state index in [1.165, 1.54) is 36.9 Å². The summed E-state index contributed by atoms with van der Waals surface area (Å²) >= 11 is 0. The number of nitrogens with two attached hydrogens (primary N) is 1. The van der Waals surface area contributed by atoms with Crippen LogP contribution in [0.25, 0.3) is 0 Å². The van der Waals surface area contributed by atoms with Gasteiger partial charge in [0.05, 0.1) is 0 Å². The molecule has 0 saturated heterocycles. The molecule has 1 saturated carbocycles. The van der Waals surface area contributed by atoms with E-state index in [2.05, 4.69) is 0 Å². The van der Waals surface area contributed by atoms with Crippen LogP contribution in [0.15, 0.2) is 6.20 Å². The molecule has 1 unspecified atom stereocenters. The van der Waals surface area contributed by atoms with Crippen molar-refractivity contribution in [2.24, 2.45) is 11.7 Å². The lowest BCUT2D eigenvalue weighted by atomic mass is 9.86. The molecule has 4 nitrogen and oxygen atoms in total. The van der Waals surface area contributed by atoms with Crippen molar-refractivity contribution >= 4 is 0 Å². The Morgan fingerprint density at radius 2 is 2.05 bits per heavy atom. The molecule has 116 valence electrons. The van der Waals surface area contributed by atoms with Crippen LogP contribution in [0.3, 0.4) is 0 Å². The van der Waals surface area contributed by atoms with Gasteiger partial charge in [-0.15, -0.1) is 0 Å². The van der Waals surface area contributed by atoms with Gasteiger partial charge in [0.2, 0.25) is 0 Å². The van der Waals surface area contributed by atoms with E-state index >= 15 is 0 Å². The molecule has 1 aromatic rings. The van der Waals surface area contributed by atoms with Crippen LogP contribution in [0.1, 0.15) is 62.0 Å². The Labute approximate surface area is 127 Å². The molecule has 0 spiro atoms. The normalized spacial score (nSPS) is 25.1. The van der Waals surface area contributed by atoms with Gasteiger partial charge in [0.25, 0.3) is 0 Å². The largest absolute Gasteiger partial charge is 0.370 e. The molecule has 0 aromatic carbocycles. The van der Waals surface area contributed by atoms with E-state index in [0.717, 1.165) is 44.5 Å². The van der Waals surface area contributed by atoms with Crippen molar-refractivity contribution in [1.29, 1.82) is 0 Å². The molecule has 1 atom stereocenters. The van der Waals surface area contributed by atoms with Gasteiger partial charge in [-0.3, -0.25) is 0 Å². The van der Waals surface area contributed by atoms with Crippen molar-refractivity contribution < 1.29 is 4.74 Å². The molecule has 2 N–H and O–H groups in total. The van der Waals surface area contributed by atoms with E-state index in [1.54, 1.807) is 0 Å². The Balaban J connectivity index is 1.88. The van der Waals surface area contributed by atoms with Crippen molar-refractivity contribution in [2.45, 2.75) is 63.4 Å². The Morgan fingerprint density at radius 1 is 1.29 bits per heavy atom. The Morgan fingerprint density at radius 3 is 2.71 bits per heavy atom. The highest BCUT2D eigenvalue weighted by atomic mass is 16.5. The van der Waals surface area contributed by atoms with Crippen molar-refractivity contribution in [3.05, 3.63) is 23.3 Å². The SMILES string of the molecule is COC1(c2ncc3c(n2)CCC(CN)C3)CCCCCC1. The highest BCUT2D eigenvalue weighted by Crippen LogP contribution is 2.38. The van der Waals surface area contributed by atoms with Gasteiger partial charge < -0.3 is 10.5 Å². The average Bonchev–Trinajstić information content (AvgIpc) is 2.80. The van der Waals surface area contributed by atoms with Gasteiger partial charge >= 0.3 is 0 Å². The molecule has 3 rings (SSSR count). The maximum absolute atomic E-state index is 5.93. The van der Waals surface area contributed by atoms with Gasteiger partial charge in [-0.05, 0) is 50.1 Å². The van der Waals surface area contributed by atoms with Crippen LogP contribution in [0, 0.1) is 5.92 Å². The minimum atomic E-state index is -0.254. The summed E-state index contributed by atoms with van der Waals surface area (Å²) in [5.74, 6) is 1.51. The van der Waals surface area contributed by atoms with Crippen molar-refractivity contribution in [1.82, 2.24) is 9.97 Å². The van der Waals surface area contributed by atoms with Gasteiger partial charge in [0.15, 0.2) is 5.82 Å². The van der Waals surface area contributed by atoms with Crippen LogP contribution < -0.4 is 5.73 Å². The lowest BCUT2D eigenvalue weighted by Gasteiger charge is -2.31. The predicted molar refractivity (Wildman–Crippen MR) is 83.0 cm³/mol. The van der Waals surface area contributed by atoms with Crippen LogP contribution in [0.2, 0.25) is 0 Å². The maximum atomic E-state index is 5.93. The fourth-order valence-corrected chi connectivity index (χ4v) is 3.82. The van der Waals surface area contributed by atoms with E-state index in [4.69, 9.17) is 20.4 Å². The van der Waals surface area contributed by atoms with Crippen molar-refractivity contribution in [3.63, 3.8) is 0 Å². The van der Waals surface area contributed by atoms with Crippen LogP contribution in [-0.4, -0.2) is 23.6 Å². The zero-order chi connectivity index (χ0) is 14.7. The molecule has 0 radical (unpaired) electrons. The third-order valence-corrected chi connectivity index (χ3v) is 5.29. The van der Waals surface area contributed by atoms with Gasteiger partial charge in [0, 0.05) is 19.0 Å². The average molecular weight is 289 g/mol. The minimum absolute atomic E-state index is 0.254. The number of ether oxygens (including phenoxy) is 1. The third-order valence-electron chi connectivity index (χ3n) is 5.29. The smallest absolute Gasteiger partial charge is 0.160 e. The molecule has 2 aliphatic rings. The first-order valence-electron chi connectivity index (χ1n) is 8.38. The zero-order valence-corrected chi connectivity index (χ0v) is 13.1. The summed E-state index contributed by atoms with van der Waals surface area (Å²) in [6, 6.07) is 0. The second kappa shape index (κ2) is 6.41. The number of nitrogens with zero attached hydrogens (tertiary/aromatic N) is 2. The zero-order valence-electron chi connectivity index (χ0n) is 13.1. The summed E-state index contributed by atoms with van der Waals surface area (Å²) in [4.78, 5) is 9.61. The number of aromatic nitrogens is 2. The molecule has 0 bridgehead atoms. The Hall–Kier alpha value is -1.00. The minimum Gasteiger partial charge on any atom is -0.370 e. The number of rotatable bonds is 3. The molecule has 21 heavy (non-hydrogen) atoms. The summed E-state index contributed by atoms with van der Waals surface area (Å²) in [6.45, 7) is 0.767. The standard InChI is InChI=1S/C17H27N3O/c1-21-17(8-4-2-3-5-9-17)16-19-12-14-10-13(11-18)6-7-15(14)20-16/h12-13H,2-11,18H2,1H3. The van der Waals surface area contributed by atoms with E-state index in [9.17, 15) is 0 Å². The fraction of sp³-hybridized carbons (Fsp3) is 0.765.